The van der Waals surface area contributed by atoms with Crippen LogP contribution in [0.3, 0.4) is 0 Å². The molecule has 1 saturated heterocycles. The van der Waals surface area contributed by atoms with Crippen molar-refractivity contribution in [1.82, 2.24) is 24.9 Å². The number of nitrogens with one attached hydrogen (secondary N) is 2. The summed E-state index contributed by atoms with van der Waals surface area (Å²) >= 11 is 4.48. The number of aromatic nitrogens is 2. The maximum absolute atomic E-state index is 13.7. The van der Waals surface area contributed by atoms with Crippen LogP contribution in [-0.2, 0) is 20.1 Å². The van der Waals surface area contributed by atoms with Crippen molar-refractivity contribution in [3.05, 3.63) is 70.9 Å². The third-order valence-electron chi connectivity index (χ3n) is 7.08. The predicted molar refractivity (Wildman–Crippen MR) is 160 cm³/mol. The van der Waals surface area contributed by atoms with E-state index in [1.165, 1.54) is 0 Å². The Balaban J connectivity index is 0.000000648. The molecule has 1 atom stereocenters. The van der Waals surface area contributed by atoms with Gasteiger partial charge in [0.1, 0.15) is 5.82 Å². The van der Waals surface area contributed by atoms with Crippen molar-refractivity contribution < 1.29 is 9.59 Å². The second-order valence-electron chi connectivity index (χ2n) is 10.2. The van der Waals surface area contributed by atoms with Crippen LogP contribution in [0.15, 0.2) is 48.7 Å². The Labute approximate surface area is 235 Å². The number of thiocarbonyl (C=S) groups is 1. The summed E-state index contributed by atoms with van der Waals surface area (Å²) < 4.78 is 1.79. The van der Waals surface area contributed by atoms with Gasteiger partial charge in [-0.2, -0.15) is 5.10 Å². The van der Waals surface area contributed by atoms with Gasteiger partial charge in [-0.15, -0.1) is 0 Å². The molecule has 206 valence electrons. The normalized spacial score (nSPS) is 15.7. The molecule has 3 heterocycles. The minimum Gasteiger partial charge on any atom is -0.375 e. The molecule has 10 heteroatoms. The Morgan fingerprint density at radius 2 is 1.97 bits per heavy atom. The zero-order valence-corrected chi connectivity index (χ0v) is 24.1. The summed E-state index contributed by atoms with van der Waals surface area (Å²) in [7, 11) is 5.68. The number of benzene rings is 2. The van der Waals surface area contributed by atoms with Gasteiger partial charge in [-0.1, -0.05) is 30.4 Å². The number of hydrogen-bond donors (Lipinski definition) is 2. The standard InChI is InChI=1S/C26H30N6O2.C3H7NS/c1-17-13-19(10-11-20(17)14-27-26(34)31-12-6-7-18(31)2)25(33)32-16-21-15-28-30(3)24(21)29-22-8-4-5-9-23(22)32;1-4(2)3-5/h4-5,8-11,13,15,18,29H,6-7,12,14,16H2,1-3H3,(H,27,34);3H,1-2H3. The molecule has 39 heavy (non-hydrogen) atoms. The second-order valence-corrected chi connectivity index (χ2v) is 10.4. The van der Waals surface area contributed by atoms with E-state index < -0.39 is 0 Å². The molecule has 0 spiro atoms. The van der Waals surface area contributed by atoms with Crippen molar-refractivity contribution in [2.75, 3.05) is 30.9 Å². The highest BCUT2D eigenvalue weighted by atomic mass is 32.1. The number of hydrogen-bond acceptors (Lipinski definition) is 5. The summed E-state index contributed by atoms with van der Waals surface area (Å²) in [6.07, 6.45) is 3.91. The van der Waals surface area contributed by atoms with Crippen molar-refractivity contribution in [1.29, 1.82) is 0 Å². The third kappa shape index (κ3) is 6.39. The maximum Gasteiger partial charge on any atom is 0.317 e. The molecule has 2 aliphatic rings. The second kappa shape index (κ2) is 12.3. The van der Waals surface area contributed by atoms with Crippen LogP contribution in [0.1, 0.15) is 46.8 Å². The van der Waals surface area contributed by atoms with E-state index >= 15 is 0 Å². The molecule has 3 aromatic rings. The lowest BCUT2D eigenvalue weighted by Gasteiger charge is -2.23. The molecule has 2 aromatic carbocycles. The molecule has 5 rings (SSSR count). The van der Waals surface area contributed by atoms with Gasteiger partial charge in [-0.25, -0.2) is 4.79 Å². The van der Waals surface area contributed by atoms with Crippen molar-refractivity contribution >= 4 is 46.8 Å². The molecule has 2 aliphatic heterocycles. The molecule has 0 bridgehead atoms. The number of rotatable bonds is 4. The lowest BCUT2D eigenvalue weighted by atomic mass is 10.0. The summed E-state index contributed by atoms with van der Waals surface area (Å²) in [5.41, 5.74) is 6.83. The molecule has 0 radical (unpaired) electrons. The van der Waals surface area contributed by atoms with E-state index in [-0.39, 0.29) is 18.0 Å². The van der Waals surface area contributed by atoms with Gasteiger partial charge in [0.2, 0.25) is 0 Å². The highest BCUT2D eigenvalue weighted by Crippen LogP contribution is 2.36. The van der Waals surface area contributed by atoms with Crippen molar-refractivity contribution in [3.63, 3.8) is 0 Å². The molecule has 1 aromatic heterocycles. The zero-order chi connectivity index (χ0) is 28.1. The number of nitrogens with zero attached hydrogens (tertiary/aromatic N) is 5. The molecule has 2 N–H and O–H groups in total. The number of amides is 3. The topological polar surface area (TPSA) is 85.7 Å². The van der Waals surface area contributed by atoms with Crippen LogP contribution in [0, 0.1) is 6.92 Å². The van der Waals surface area contributed by atoms with Crippen LogP contribution in [0.4, 0.5) is 22.0 Å². The van der Waals surface area contributed by atoms with Crippen molar-refractivity contribution in [3.8, 4) is 0 Å². The van der Waals surface area contributed by atoms with E-state index in [1.807, 2.05) is 80.3 Å². The molecule has 0 aliphatic carbocycles. The van der Waals surface area contributed by atoms with Gasteiger partial charge < -0.3 is 25.3 Å². The highest BCUT2D eigenvalue weighted by Gasteiger charge is 2.27. The number of fused-ring (bicyclic) bond motifs is 2. The molecule has 1 unspecified atom stereocenters. The summed E-state index contributed by atoms with van der Waals surface area (Å²) in [6, 6.07) is 13.8. The summed E-state index contributed by atoms with van der Waals surface area (Å²) in [4.78, 5) is 31.7. The minimum absolute atomic E-state index is 0.0227. The largest absolute Gasteiger partial charge is 0.375 e. The van der Waals surface area contributed by atoms with Crippen molar-refractivity contribution in [2.24, 2.45) is 7.05 Å². The fraction of sp³-hybridized carbons (Fsp3) is 0.379. The quantitative estimate of drug-likeness (QED) is 0.455. The minimum atomic E-state index is -0.0736. The average Bonchev–Trinajstić information content (AvgIpc) is 3.46. The molecular formula is C29H37N7O2S. The highest BCUT2D eigenvalue weighted by molar-refractivity contribution is 7.78. The van der Waals surface area contributed by atoms with Gasteiger partial charge in [0.15, 0.2) is 0 Å². The number of likely N-dealkylation sites (tertiary alicyclic amines) is 1. The fourth-order valence-corrected chi connectivity index (χ4v) is 4.83. The first kappa shape index (κ1) is 28.1. The van der Waals surface area contributed by atoms with Crippen LogP contribution in [-0.4, -0.2) is 63.7 Å². The third-order valence-corrected chi connectivity index (χ3v) is 7.50. The first-order valence-electron chi connectivity index (χ1n) is 13.1. The van der Waals surface area contributed by atoms with E-state index in [4.69, 9.17) is 0 Å². The zero-order valence-electron chi connectivity index (χ0n) is 23.3. The van der Waals surface area contributed by atoms with E-state index in [0.29, 0.717) is 18.7 Å². The number of carbonyl (C=O) groups excluding carboxylic acids is 2. The summed E-state index contributed by atoms with van der Waals surface area (Å²) in [5, 5.41) is 10.8. The summed E-state index contributed by atoms with van der Waals surface area (Å²) in [6.45, 7) is 5.75. The van der Waals surface area contributed by atoms with Crippen LogP contribution < -0.4 is 15.5 Å². The van der Waals surface area contributed by atoms with Gasteiger partial charge in [0.05, 0.1) is 29.6 Å². The molecule has 3 amide bonds. The van der Waals surface area contributed by atoms with Gasteiger partial charge >= 0.3 is 6.03 Å². The van der Waals surface area contributed by atoms with Gasteiger partial charge in [-0.05, 0) is 62.1 Å². The number of para-hydroxylation sites is 2. The van der Waals surface area contributed by atoms with Gasteiger partial charge in [-0.3, -0.25) is 9.48 Å². The number of urea groups is 1. The maximum atomic E-state index is 13.7. The predicted octanol–water partition coefficient (Wildman–Crippen LogP) is 4.83. The fourth-order valence-electron chi connectivity index (χ4n) is 4.83. The van der Waals surface area contributed by atoms with Crippen LogP contribution in [0.5, 0.6) is 0 Å². The first-order chi connectivity index (χ1) is 18.7. The van der Waals surface area contributed by atoms with E-state index in [2.05, 4.69) is 34.9 Å². The molecule has 1 fully saturated rings. The number of carbonyl (C=O) groups is 2. The van der Waals surface area contributed by atoms with E-state index in [9.17, 15) is 9.59 Å². The van der Waals surface area contributed by atoms with Crippen LogP contribution >= 0.6 is 12.2 Å². The van der Waals surface area contributed by atoms with Crippen LogP contribution in [0.25, 0.3) is 0 Å². The molecule has 9 nitrogen and oxygen atoms in total. The number of anilines is 3. The first-order valence-corrected chi connectivity index (χ1v) is 13.6. The average molecular weight is 548 g/mol. The number of aryl methyl sites for hydroxylation is 2. The lowest BCUT2D eigenvalue weighted by molar-refractivity contribution is 0.0985. The lowest BCUT2D eigenvalue weighted by Crippen LogP contribution is -2.41. The Morgan fingerprint density at radius 1 is 1.23 bits per heavy atom. The monoisotopic (exact) mass is 547 g/mol. The van der Waals surface area contributed by atoms with Gasteiger partial charge in [0, 0.05) is 51.4 Å². The Morgan fingerprint density at radius 3 is 2.64 bits per heavy atom. The smallest absolute Gasteiger partial charge is 0.317 e. The van der Waals surface area contributed by atoms with E-state index in [1.54, 1.807) is 21.3 Å². The van der Waals surface area contributed by atoms with Gasteiger partial charge in [0.25, 0.3) is 5.91 Å². The van der Waals surface area contributed by atoms with Crippen LogP contribution in [0.2, 0.25) is 0 Å². The Hall–Kier alpha value is -3.92. The SMILES string of the molecule is CN(C)C=S.Cc1cc(C(=O)N2Cc3cnn(C)c3Nc3ccccc32)ccc1CNC(=O)N1CCCC1C. The Kier molecular flexibility index (Phi) is 8.86. The Bertz CT molecular complexity index is 1350. The molecular weight excluding hydrogens is 510 g/mol. The summed E-state index contributed by atoms with van der Waals surface area (Å²) in [5.74, 6) is 0.813. The molecule has 0 saturated carbocycles. The van der Waals surface area contributed by atoms with E-state index in [0.717, 1.165) is 53.3 Å². The van der Waals surface area contributed by atoms with Crippen molar-refractivity contribution in [2.45, 2.75) is 45.8 Å².